The van der Waals surface area contributed by atoms with Crippen molar-refractivity contribution in [3.63, 3.8) is 0 Å². The molecule has 1 aliphatic heterocycles. The van der Waals surface area contributed by atoms with E-state index in [4.69, 9.17) is 10.5 Å². The number of carbonyl (C=O) groups is 1. The fourth-order valence-corrected chi connectivity index (χ4v) is 5.26. The summed E-state index contributed by atoms with van der Waals surface area (Å²) < 4.78 is 7.73. The summed E-state index contributed by atoms with van der Waals surface area (Å²) in [5, 5.41) is 3.09. The van der Waals surface area contributed by atoms with E-state index in [1.165, 1.54) is 37.0 Å². The highest BCUT2D eigenvalue weighted by Gasteiger charge is 2.28. The minimum absolute atomic E-state index is 0.101. The molecule has 1 heterocycles. The van der Waals surface area contributed by atoms with E-state index in [9.17, 15) is 4.79 Å². The monoisotopic (exact) mass is 516 g/mol. The molecule has 1 saturated heterocycles. The van der Waals surface area contributed by atoms with Crippen LogP contribution < -0.4 is 20.3 Å². The van der Waals surface area contributed by atoms with E-state index in [-0.39, 0.29) is 12.0 Å². The predicted octanol–water partition coefficient (Wildman–Crippen LogP) is 5.88. The van der Waals surface area contributed by atoms with Gasteiger partial charge in [0.05, 0.1) is 24.0 Å². The fraction of sp³-hybridized carbons (Fsp3) is 0.519. The molecule has 3 rings (SSSR count). The van der Waals surface area contributed by atoms with Crippen molar-refractivity contribution in [2.75, 3.05) is 59.8 Å². The average molecular weight is 517 g/mol. The third-order valence-corrected chi connectivity index (χ3v) is 7.99. The van der Waals surface area contributed by atoms with Crippen molar-refractivity contribution < 1.29 is 9.53 Å². The molecule has 0 unspecified atom stereocenters. The third-order valence-electron chi connectivity index (χ3n) is 6.15. The average Bonchev–Trinajstić information content (AvgIpc) is 2.85. The maximum atomic E-state index is 13.3. The molecule has 8 heteroatoms. The van der Waals surface area contributed by atoms with Crippen molar-refractivity contribution in [2.24, 2.45) is 5.73 Å². The number of anilines is 3. The molecule has 0 aromatic heterocycles. The molecule has 2 aromatic carbocycles. The molecule has 6 nitrogen and oxygen atoms in total. The summed E-state index contributed by atoms with van der Waals surface area (Å²) in [6, 6.07) is 14.3. The van der Waals surface area contributed by atoms with Crippen LogP contribution in [0.1, 0.15) is 49.4 Å². The van der Waals surface area contributed by atoms with E-state index in [1.807, 2.05) is 53.6 Å². The number of unbranched alkanes of at least 4 members (excludes halogenated alkanes) is 4. The number of nitrogens with two attached hydrogens (primary N) is 1. The second-order valence-corrected chi connectivity index (χ2v) is 10.9. The molecule has 0 atom stereocenters. The number of carbonyl (C=O) groups excluding carboxylic acids is 1. The van der Waals surface area contributed by atoms with Gasteiger partial charge in [0, 0.05) is 49.2 Å². The molecule has 0 radical (unpaired) electrons. The van der Waals surface area contributed by atoms with Gasteiger partial charge in [-0.25, -0.2) is 0 Å². The lowest BCUT2D eigenvalue weighted by Crippen LogP contribution is -2.52. The van der Waals surface area contributed by atoms with Crippen LogP contribution in [0.4, 0.5) is 17.1 Å². The molecule has 1 amide bonds. The summed E-state index contributed by atoms with van der Waals surface area (Å²) in [4.78, 5) is 16.8. The van der Waals surface area contributed by atoms with Crippen molar-refractivity contribution >= 4 is 46.7 Å². The minimum Gasteiger partial charge on any atom is -0.373 e. The van der Waals surface area contributed by atoms with E-state index in [2.05, 4.69) is 35.3 Å². The number of rotatable bonds is 15. The number of hydrogen-bond donors (Lipinski definition) is 2. The quantitative estimate of drug-likeness (QED) is 0.174. The zero-order valence-electron chi connectivity index (χ0n) is 21.3. The molecule has 2 aromatic rings. The zero-order chi connectivity index (χ0) is 25.0. The molecule has 0 aliphatic carbocycles. The van der Waals surface area contributed by atoms with Gasteiger partial charge in [0.25, 0.3) is 5.91 Å². The summed E-state index contributed by atoms with van der Waals surface area (Å²) in [5.74, 6) is 1.04. The van der Waals surface area contributed by atoms with Gasteiger partial charge >= 0.3 is 0 Å². The lowest BCUT2D eigenvalue weighted by atomic mass is 10.1. The molecular formula is C27H40N4O2S2. The highest BCUT2D eigenvalue weighted by Crippen LogP contribution is 2.32. The number of benzene rings is 2. The van der Waals surface area contributed by atoms with Gasteiger partial charge in [0.15, 0.2) is 0 Å². The molecule has 0 bridgehead atoms. The normalized spacial score (nSPS) is 13.5. The van der Waals surface area contributed by atoms with Crippen molar-refractivity contribution in [3.05, 3.63) is 48.0 Å². The lowest BCUT2D eigenvalue weighted by molar-refractivity contribution is 0.0394. The number of nitrogens with zero attached hydrogens (tertiary/aromatic N) is 2. The van der Waals surface area contributed by atoms with Gasteiger partial charge in [-0.2, -0.15) is 0 Å². The topological polar surface area (TPSA) is 70.8 Å². The minimum atomic E-state index is -0.101. The number of thioether (sulfide) groups is 1. The molecule has 35 heavy (non-hydrogen) atoms. The highest BCUT2D eigenvalue weighted by atomic mass is 32.2. The molecule has 0 spiro atoms. The van der Waals surface area contributed by atoms with E-state index in [1.54, 1.807) is 11.9 Å². The summed E-state index contributed by atoms with van der Waals surface area (Å²) >= 11 is 3.47. The van der Waals surface area contributed by atoms with Crippen LogP contribution in [0.25, 0.3) is 0 Å². The summed E-state index contributed by atoms with van der Waals surface area (Å²) in [7, 11) is 1.98. The maximum Gasteiger partial charge on any atom is 0.257 e. The van der Waals surface area contributed by atoms with Crippen molar-refractivity contribution in [2.45, 2.75) is 50.0 Å². The molecule has 3 N–H and O–H groups in total. The molecule has 192 valence electrons. The van der Waals surface area contributed by atoms with Gasteiger partial charge in [-0.1, -0.05) is 44.6 Å². The molecule has 1 aliphatic rings. The molecule has 0 saturated carbocycles. The second-order valence-electron chi connectivity index (χ2n) is 8.81. The van der Waals surface area contributed by atoms with Crippen LogP contribution in [-0.4, -0.2) is 57.3 Å². The Hall–Kier alpha value is -1.87. The standard InChI is InChI=1S/C27H40N4O2S2/c1-4-5-6-7-8-17-35-24-12-9-21(10-13-24)29-27(32)25-18-22(11-14-26(25)30(2)34-3)31-19-23(20-31)33-16-15-28/h9-14,18,23H,4-8,15-17,19-20,28H2,1-3H3,(H,29,32). The van der Waals surface area contributed by atoms with Gasteiger partial charge in [0.2, 0.25) is 0 Å². The van der Waals surface area contributed by atoms with Gasteiger partial charge in [-0.15, -0.1) is 11.8 Å². The van der Waals surface area contributed by atoms with Crippen LogP contribution in [0.3, 0.4) is 0 Å². The van der Waals surface area contributed by atoms with Crippen LogP contribution in [0.5, 0.6) is 0 Å². The van der Waals surface area contributed by atoms with Crippen molar-refractivity contribution in [1.29, 1.82) is 0 Å². The second kappa shape index (κ2) is 14.6. The third kappa shape index (κ3) is 8.34. The highest BCUT2D eigenvalue weighted by molar-refractivity contribution is 8.00. The van der Waals surface area contributed by atoms with Gasteiger partial charge in [-0.05, 0) is 54.6 Å². The summed E-state index contributed by atoms with van der Waals surface area (Å²) in [6.45, 7) is 5.00. The van der Waals surface area contributed by atoms with E-state index >= 15 is 0 Å². The van der Waals surface area contributed by atoms with E-state index in [0.717, 1.165) is 35.9 Å². The Morgan fingerprint density at radius 2 is 1.89 bits per heavy atom. The Labute approximate surface area is 219 Å². The smallest absolute Gasteiger partial charge is 0.257 e. The van der Waals surface area contributed by atoms with Crippen molar-refractivity contribution in [1.82, 2.24) is 0 Å². The zero-order valence-corrected chi connectivity index (χ0v) is 22.9. The Bertz CT molecular complexity index is 920. The summed E-state index contributed by atoms with van der Waals surface area (Å²) in [5.41, 5.74) is 8.94. The van der Waals surface area contributed by atoms with Crippen LogP contribution in [0, 0.1) is 0 Å². The number of amides is 1. The van der Waals surface area contributed by atoms with Crippen LogP contribution in [0.15, 0.2) is 47.4 Å². The van der Waals surface area contributed by atoms with Crippen molar-refractivity contribution in [3.8, 4) is 0 Å². The van der Waals surface area contributed by atoms with Gasteiger partial charge in [-0.3, -0.25) is 4.79 Å². The molecule has 1 fully saturated rings. The number of ether oxygens (including phenoxy) is 1. The van der Waals surface area contributed by atoms with Gasteiger partial charge in [0.1, 0.15) is 0 Å². The van der Waals surface area contributed by atoms with Crippen LogP contribution in [-0.2, 0) is 4.74 Å². The largest absolute Gasteiger partial charge is 0.373 e. The van der Waals surface area contributed by atoms with Gasteiger partial charge < -0.3 is 25.0 Å². The predicted molar refractivity (Wildman–Crippen MR) is 153 cm³/mol. The number of hydrogen-bond acceptors (Lipinski definition) is 7. The Morgan fingerprint density at radius 1 is 1.14 bits per heavy atom. The van der Waals surface area contributed by atoms with E-state index < -0.39 is 0 Å². The van der Waals surface area contributed by atoms with Crippen LogP contribution in [0.2, 0.25) is 0 Å². The molecular weight excluding hydrogens is 476 g/mol. The SMILES string of the molecule is CCCCCCCSc1ccc(NC(=O)c2cc(N3CC(OCCN)C3)ccc2N(C)SC)cc1. The number of nitrogens with one attached hydrogen (secondary N) is 1. The Morgan fingerprint density at radius 3 is 2.57 bits per heavy atom. The Kier molecular flexibility index (Phi) is 11.6. The lowest BCUT2D eigenvalue weighted by Gasteiger charge is -2.41. The first kappa shape index (κ1) is 27.7. The summed E-state index contributed by atoms with van der Waals surface area (Å²) in [6.07, 6.45) is 8.71. The first-order valence-electron chi connectivity index (χ1n) is 12.6. The first-order valence-corrected chi connectivity index (χ1v) is 14.7. The fourth-order valence-electron chi connectivity index (χ4n) is 3.99. The van der Waals surface area contributed by atoms with Crippen LogP contribution >= 0.6 is 23.7 Å². The van der Waals surface area contributed by atoms with E-state index in [0.29, 0.717) is 18.7 Å². The first-order chi connectivity index (χ1) is 17.0. The maximum absolute atomic E-state index is 13.3. The Balaban J connectivity index is 1.61.